The number of likely N-dealkylation sites (tertiary alicyclic amines) is 1. The van der Waals surface area contributed by atoms with Gasteiger partial charge in [0.2, 0.25) is 5.95 Å². The van der Waals surface area contributed by atoms with Crippen LogP contribution < -0.4 is 5.32 Å². The van der Waals surface area contributed by atoms with Crippen LogP contribution in [0.3, 0.4) is 0 Å². The Bertz CT molecular complexity index is 816. The Morgan fingerprint density at radius 3 is 2.67 bits per heavy atom. The number of alkyl halides is 1. The third kappa shape index (κ3) is 4.45. The minimum Gasteiger partial charge on any atom is -0.444 e. The summed E-state index contributed by atoms with van der Waals surface area (Å²) in [5.74, 6) is 1.38. The molecule has 0 bridgehead atoms. The standard InChI is InChI=1S/C18H27FN6O2/c1-11(2)15-20-8-12-9-21-16(23-25(12)15)22-14-6-7-24(10-13(14)19)17(26)27-18(3,4)5/h8-9,11,13-14H,6-7,10H2,1-5H3,(H,22,23)/t13-,14-/m1/s1. The highest BCUT2D eigenvalue weighted by atomic mass is 19.1. The maximum atomic E-state index is 14.7. The van der Waals surface area contributed by atoms with E-state index in [2.05, 4.69) is 20.4 Å². The second-order valence-electron chi connectivity index (χ2n) is 8.17. The van der Waals surface area contributed by atoms with Gasteiger partial charge in [-0.05, 0) is 27.2 Å². The number of fused-ring (bicyclic) bond motifs is 1. The molecule has 148 valence electrons. The van der Waals surface area contributed by atoms with Crippen LogP contribution in [0.25, 0.3) is 5.52 Å². The van der Waals surface area contributed by atoms with Crippen molar-refractivity contribution < 1.29 is 13.9 Å². The van der Waals surface area contributed by atoms with Crippen molar-refractivity contribution >= 4 is 17.6 Å². The Morgan fingerprint density at radius 2 is 2.04 bits per heavy atom. The molecule has 1 N–H and O–H groups in total. The molecule has 3 heterocycles. The lowest BCUT2D eigenvalue weighted by Gasteiger charge is -2.35. The first kappa shape index (κ1) is 19.3. The summed E-state index contributed by atoms with van der Waals surface area (Å²) in [7, 11) is 0. The Labute approximate surface area is 158 Å². The second-order valence-corrected chi connectivity index (χ2v) is 8.17. The fourth-order valence-electron chi connectivity index (χ4n) is 3.00. The van der Waals surface area contributed by atoms with E-state index < -0.39 is 23.9 Å². The minimum absolute atomic E-state index is 0.0167. The number of halogens is 1. The van der Waals surface area contributed by atoms with Crippen LogP contribution in [0, 0.1) is 0 Å². The lowest BCUT2D eigenvalue weighted by atomic mass is 10.0. The average molecular weight is 378 g/mol. The summed E-state index contributed by atoms with van der Waals surface area (Å²) in [6.07, 6.45) is 2.11. The molecule has 1 amide bonds. The molecule has 2 aromatic heterocycles. The largest absolute Gasteiger partial charge is 0.444 e. The third-order valence-electron chi connectivity index (χ3n) is 4.33. The maximum Gasteiger partial charge on any atom is 0.410 e. The molecular formula is C18H27FN6O2. The van der Waals surface area contributed by atoms with Gasteiger partial charge in [0.25, 0.3) is 0 Å². The van der Waals surface area contributed by atoms with Crippen LogP contribution in [-0.2, 0) is 4.74 Å². The lowest BCUT2D eigenvalue weighted by molar-refractivity contribution is 0.0125. The summed E-state index contributed by atoms with van der Waals surface area (Å²) in [6.45, 7) is 9.85. The predicted molar refractivity (Wildman–Crippen MR) is 99.6 cm³/mol. The van der Waals surface area contributed by atoms with Gasteiger partial charge in [0, 0.05) is 12.5 Å². The molecule has 0 unspecified atom stereocenters. The van der Waals surface area contributed by atoms with Crippen molar-refractivity contribution in [2.75, 3.05) is 18.4 Å². The first-order chi connectivity index (χ1) is 12.6. The van der Waals surface area contributed by atoms with Crippen molar-refractivity contribution in [2.24, 2.45) is 0 Å². The molecule has 8 nitrogen and oxygen atoms in total. The van der Waals surface area contributed by atoms with E-state index in [0.717, 1.165) is 11.3 Å². The summed E-state index contributed by atoms with van der Waals surface area (Å²) in [5.41, 5.74) is 0.195. The molecule has 0 aromatic carbocycles. The number of ether oxygens (including phenoxy) is 1. The van der Waals surface area contributed by atoms with E-state index in [-0.39, 0.29) is 12.5 Å². The maximum absolute atomic E-state index is 14.7. The number of nitrogens with zero attached hydrogens (tertiary/aromatic N) is 5. The Balaban J connectivity index is 1.66. The minimum atomic E-state index is -1.24. The summed E-state index contributed by atoms with van der Waals surface area (Å²) in [4.78, 5) is 22.1. The van der Waals surface area contributed by atoms with Crippen LogP contribution >= 0.6 is 0 Å². The highest BCUT2D eigenvalue weighted by molar-refractivity contribution is 5.68. The molecule has 3 rings (SSSR count). The number of rotatable bonds is 3. The first-order valence-electron chi connectivity index (χ1n) is 9.23. The molecule has 1 saturated heterocycles. The lowest BCUT2D eigenvalue weighted by Crippen LogP contribution is -2.51. The van der Waals surface area contributed by atoms with Crippen molar-refractivity contribution in [2.45, 2.75) is 64.8 Å². The van der Waals surface area contributed by atoms with Gasteiger partial charge in [-0.25, -0.2) is 23.7 Å². The highest BCUT2D eigenvalue weighted by Crippen LogP contribution is 2.21. The van der Waals surface area contributed by atoms with Crippen LogP contribution in [0.2, 0.25) is 0 Å². The van der Waals surface area contributed by atoms with E-state index in [4.69, 9.17) is 4.74 Å². The number of hydrogen-bond acceptors (Lipinski definition) is 6. The molecule has 0 saturated carbocycles. The molecule has 2 atom stereocenters. The van der Waals surface area contributed by atoms with Crippen LogP contribution in [0.15, 0.2) is 12.4 Å². The molecule has 2 aromatic rings. The molecular weight excluding hydrogens is 351 g/mol. The van der Waals surface area contributed by atoms with Gasteiger partial charge in [0.05, 0.1) is 25.0 Å². The van der Waals surface area contributed by atoms with E-state index in [1.54, 1.807) is 37.7 Å². The molecule has 9 heteroatoms. The van der Waals surface area contributed by atoms with Crippen LogP contribution in [0.1, 0.15) is 52.8 Å². The number of anilines is 1. The van der Waals surface area contributed by atoms with Crippen molar-refractivity contribution in [3.8, 4) is 0 Å². The fraction of sp³-hybridized carbons (Fsp3) is 0.667. The monoisotopic (exact) mass is 378 g/mol. The Hall–Kier alpha value is -2.45. The number of aromatic nitrogens is 4. The summed E-state index contributed by atoms with van der Waals surface area (Å²) < 4.78 is 21.7. The van der Waals surface area contributed by atoms with Crippen molar-refractivity contribution in [1.82, 2.24) is 24.5 Å². The van der Waals surface area contributed by atoms with Crippen LogP contribution in [0.5, 0.6) is 0 Å². The van der Waals surface area contributed by atoms with Gasteiger partial charge in [-0.1, -0.05) is 13.8 Å². The van der Waals surface area contributed by atoms with E-state index in [0.29, 0.717) is 18.9 Å². The van der Waals surface area contributed by atoms with Crippen LogP contribution in [-0.4, -0.2) is 61.5 Å². The van der Waals surface area contributed by atoms with Gasteiger partial charge in [0.1, 0.15) is 23.1 Å². The van der Waals surface area contributed by atoms with E-state index >= 15 is 0 Å². The van der Waals surface area contributed by atoms with Crippen molar-refractivity contribution in [3.05, 3.63) is 18.2 Å². The zero-order valence-electron chi connectivity index (χ0n) is 16.4. The van der Waals surface area contributed by atoms with Crippen molar-refractivity contribution in [3.63, 3.8) is 0 Å². The highest BCUT2D eigenvalue weighted by Gasteiger charge is 2.34. The summed E-state index contributed by atoms with van der Waals surface area (Å²) >= 11 is 0. The zero-order chi connectivity index (χ0) is 19.8. The number of hydrogen-bond donors (Lipinski definition) is 1. The van der Waals surface area contributed by atoms with Crippen molar-refractivity contribution in [1.29, 1.82) is 0 Å². The fourth-order valence-corrected chi connectivity index (χ4v) is 3.00. The van der Waals surface area contributed by atoms with Gasteiger partial charge >= 0.3 is 6.09 Å². The van der Waals surface area contributed by atoms with Gasteiger partial charge in [-0.15, -0.1) is 5.10 Å². The number of carbonyl (C=O) groups excluding carboxylic acids is 1. The molecule has 0 aliphatic carbocycles. The average Bonchev–Trinajstić information content (AvgIpc) is 2.98. The van der Waals surface area contributed by atoms with E-state index in [1.807, 2.05) is 13.8 Å². The number of nitrogens with one attached hydrogen (secondary N) is 1. The Morgan fingerprint density at radius 1 is 1.33 bits per heavy atom. The van der Waals surface area contributed by atoms with Gasteiger partial charge in [-0.3, -0.25) is 0 Å². The third-order valence-corrected chi connectivity index (χ3v) is 4.33. The normalized spacial score (nSPS) is 20.9. The number of piperidine rings is 1. The smallest absolute Gasteiger partial charge is 0.410 e. The number of imidazole rings is 1. The van der Waals surface area contributed by atoms with Gasteiger partial charge in [0.15, 0.2) is 0 Å². The van der Waals surface area contributed by atoms with Gasteiger partial charge < -0.3 is 15.0 Å². The Kier molecular flexibility index (Phi) is 5.21. The quantitative estimate of drug-likeness (QED) is 0.884. The zero-order valence-corrected chi connectivity index (χ0v) is 16.4. The van der Waals surface area contributed by atoms with Crippen LogP contribution in [0.4, 0.5) is 15.1 Å². The van der Waals surface area contributed by atoms with E-state index in [1.165, 1.54) is 4.90 Å². The van der Waals surface area contributed by atoms with E-state index in [9.17, 15) is 9.18 Å². The molecule has 0 spiro atoms. The predicted octanol–water partition coefficient (Wildman–Crippen LogP) is 3.01. The number of carbonyl (C=O) groups is 1. The molecule has 0 radical (unpaired) electrons. The molecule has 1 aliphatic heterocycles. The number of amides is 1. The summed E-state index contributed by atoms with van der Waals surface area (Å²) in [6, 6.07) is -0.466. The molecule has 1 aliphatic rings. The second kappa shape index (κ2) is 7.28. The summed E-state index contributed by atoms with van der Waals surface area (Å²) in [5, 5.41) is 7.51. The molecule has 27 heavy (non-hydrogen) atoms. The SMILES string of the molecule is CC(C)c1ncc2cnc(N[C@@H]3CCN(C(=O)OC(C)(C)C)C[C@H]3F)nn12. The first-order valence-corrected chi connectivity index (χ1v) is 9.23. The topological polar surface area (TPSA) is 84.7 Å². The molecule has 1 fully saturated rings. The van der Waals surface area contributed by atoms with Gasteiger partial charge in [-0.2, -0.15) is 0 Å².